The average molecular weight is 648 g/mol. The van der Waals surface area contributed by atoms with Crippen molar-refractivity contribution in [3.05, 3.63) is 0 Å². The molecule has 3 N–H and O–H groups in total. The molecular weight excluding hydrogens is 596 g/mol. The van der Waals surface area contributed by atoms with Gasteiger partial charge in [0.05, 0.1) is 17.8 Å². The van der Waals surface area contributed by atoms with Gasteiger partial charge >= 0.3 is 33.1 Å². The third-order valence-corrected chi connectivity index (χ3v) is 12.1. The molecule has 0 rings (SSSR count). The van der Waals surface area contributed by atoms with Crippen LogP contribution in [0, 0.1) is 17.8 Å². The number of hydrogen-bond acceptors (Lipinski definition) is 13. The van der Waals surface area contributed by atoms with E-state index in [4.69, 9.17) is 27.8 Å². The van der Waals surface area contributed by atoms with E-state index in [1.54, 1.807) is 48.6 Å². The van der Waals surface area contributed by atoms with Gasteiger partial charge in [0.25, 0.3) is 5.08 Å². The van der Waals surface area contributed by atoms with Crippen LogP contribution in [0.25, 0.3) is 0 Å². The van der Waals surface area contributed by atoms with Gasteiger partial charge in [-0.1, -0.05) is 41.5 Å². The summed E-state index contributed by atoms with van der Waals surface area (Å²) in [5.41, 5.74) is 0. The van der Waals surface area contributed by atoms with Crippen molar-refractivity contribution >= 4 is 33.1 Å². The molecule has 0 heterocycles. The fraction of sp³-hybridized carbons (Fsp3) is 0.885. The van der Waals surface area contributed by atoms with Crippen LogP contribution >= 0.6 is 15.2 Å². The molecule has 16 heteroatoms. The lowest BCUT2D eigenvalue weighted by Crippen LogP contribution is -2.34. The summed E-state index contributed by atoms with van der Waals surface area (Å²) >= 11 is 0. The van der Waals surface area contributed by atoms with E-state index in [2.05, 4.69) is 5.32 Å². The van der Waals surface area contributed by atoms with Crippen LogP contribution in [-0.2, 0) is 51.3 Å². The van der Waals surface area contributed by atoms with Gasteiger partial charge in [0.2, 0.25) is 20.4 Å². The first-order chi connectivity index (χ1) is 19.8. The van der Waals surface area contributed by atoms with E-state index in [0.29, 0.717) is 38.5 Å². The summed E-state index contributed by atoms with van der Waals surface area (Å²) < 4.78 is 58.1. The molecule has 14 nitrogen and oxygen atoms in total. The lowest BCUT2D eigenvalue weighted by atomic mass is 10.0. The Hall–Kier alpha value is -1.37. The molecule has 0 radical (unpaired) electrons. The van der Waals surface area contributed by atoms with E-state index >= 15 is 0 Å². The van der Waals surface area contributed by atoms with E-state index < -0.39 is 82.7 Å². The van der Waals surface area contributed by atoms with Gasteiger partial charge in [-0.15, -0.1) is 0 Å². The number of aliphatic hydroxyl groups is 1. The molecule has 248 valence electrons. The number of carbonyl (C=O) groups is 3. The smallest absolute Gasteiger partial charge is 0.380 e. The average Bonchev–Trinajstić information content (AvgIpc) is 2.94. The molecule has 42 heavy (non-hydrogen) atoms. The molecule has 0 saturated carbocycles. The number of ether oxygens (including phenoxy) is 3. The highest BCUT2D eigenvalue weighted by Crippen LogP contribution is 2.76. The lowest BCUT2D eigenvalue weighted by molar-refractivity contribution is -0.158. The highest BCUT2D eigenvalue weighted by Gasteiger charge is 2.64. The van der Waals surface area contributed by atoms with E-state index in [0.717, 1.165) is 0 Å². The summed E-state index contributed by atoms with van der Waals surface area (Å²) in [7, 11) is -9.03. The van der Waals surface area contributed by atoms with Crippen molar-refractivity contribution in [1.82, 2.24) is 5.32 Å². The van der Waals surface area contributed by atoms with Crippen LogP contribution in [0.15, 0.2) is 0 Å². The SMILES string of the molecule is CCC(CC)C(=O)OCOP(=O)(O)C(O)(CCCNC)P(=O)(OCOC(=O)C(CC)CC)OCOC(=O)C(CC)CC. The molecule has 0 aliphatic rings. The molecule has 0 saturated heterocycles. The Bertz CT molecular complexity index is 873. The van der Waals surface area contributed by atoms with Crippen molar-refractivity contribution in [3.8, 4) is 0 Å². The minimum atomic E-state index is -5.41. The largest absolute Gasteiger partial charge is 0.438 e. The van der Waals surface area contributed by atoms with Crippen molar-refractivity contribution in [1.29, 1.82) is 0 Å². The molecule has 0 aliphatic carbocycles. The standard InChI is InChI=1S/C26H51NO13P2/c1-8-20(9-2)23(28)35-17-38-41(32,33)26(31,15-14-16-27-7)42(34,39-18-36-24(29)21(10-3)11-4)40-19-37-25(30)22(12-5)13-6/h20-22,27,31H,8-19H2,1-7H3,(H,32,33). The maximum absolute atomic E-state index is 14.1. The summed E-state index contributed by atoms with van der Waals surface area (Å²) in [4.78, 5) is 47.8. The van der Waals surface area contributed by atoms with Crippen molar-refractivity contribution in [2.45, 2.75) is 98.0 Å². The molecule has 0 amide bonds. The third-order valence-electron chi connectivity index (χ3n) is 7.06. The summed E-state index contributed by atoms with van der Waals surface area (Å²) in [6.07, 6.45) is 2.06. The summed E-state index contributed by atoms with van der Waals surface area (Å²) in [5, 5.41) is 11.1. The Labute approximate surface area is 249 Å². The van der Waals surface area contributed by atoms with Crippen LogP contribution in [0.3, 0.4) is 0 Å². The van der Waals surface area contributed by atoms with Crippen molar-refractivity contribution < 1.29 is 61.3 Å². The molecular formula is C26H51NO13P2. The number of esters is 3. The maximum atomic E-state index is 14.1. The number of hydrogen-bond donors (Lipinski definition) is 3. The highest BCUT2D eigenvalue weighted by atomic mass is 31.2. The molecule has 0 aliphatic heterocycles. The third kappa shape index (κ3) is 12.0. The lowest BCUT2D eigenvalue weighted by Gasteiger charge is -2.36. The van der Waals surface area contributed by atoms with Gasteiger partial charge < -0.3 is 29.5 Å². The van der Waals surface area contributed by atoms with Gasteiger partial charge in [0.15, 0.2) is 0 Å². The van der Waals surface area contributed by atoms with Gasteiger partial charge in [-0.3, -0.25) is 37.1 Å². The fourth-order valence-electron chi connectivity index (χ4n) is 3.97. The Morgan fingerprint density at radius 3 is 1.33 bits per heavy atom. The first-order valence-electron chi connectivity index (χ1n) is 14.5. The van der Waals surface area contributed by atoms with E-state index in [9.17, 15) is 33.5 Å². The van der Waals surface area contributed by atoms with Crippen LogP contribution in [0.4, 0.5) is 0 Å². The van der Waals surface area contributed by atoms with Crippen LogP contribution in [-0.4, -0.2) is 67.0 Å². The monoisotopic (exact) mass is 647 g/mol. The van der Waals surface area contributed by atoms with Crippen molar-refractivity contribution in [2.75, 3.05) is 34.0 Å². The molecule has 0 aromatic rings. The summed E-state index contributed by atoms with van der Waals surface area (Å²) in [6.45, 7) is 7.78. The predicted molar refractivity (Wildman–Crippen MR) is 154 cm³/mol. The van der Waals surface area contributed by atoms with E-state index in [1.165, 1.54) is 0 Å². The Morgan fingerprint density at radius 1 is 0.690 bits per heavy atom. The first-order valence-corrected chi connectivity index (χ1v) is 17.6. The van der Waals surface area contributed by atoms with Gasteiger partial charge in [-0.25, -0.2) is 0 Å². The number of carbonyl (C=O) groups excluding carboxylic acids is 3. The van der Waals surface area contributed by atoms with Gasteiger partial charge in [0.1, 0.15) is 0 Å². The van der Waals surface area contributed by atoms with Crippen LogP contribution < -0.4 is 5.32 Å². The summed E-state index contributed by atoms with van der Waals surface area (Å²) in [5.74, 6) is -3.49. The highest BCUT2D eigenvalue weighted by molar-refractivity contribution is 7.73. The molecule has 0 aromatic heterocycles. The van der Waals surface area contributed by atoms with E-state index in [-0.39, 0.29) is 13.0 Å². The number of nitrogens with one attached hydrogen (secondary N) is 1. The molecule has 0 fully saturated rings. The second kappa shape index (κ2) is 20.6. The minimum Gasteiger partial charge on any atom is -0.438 e. The Balaban J connectivity index is 6.21. The zero-order chi connectivity index (χ0) is 32.4. The summed E-state index contributed by atoms with van der Waals surface area (Å²) in [6, 6.07) is 0. The molecule has 2 unspecified atom stereocenters. The molecule has 0 bridgehead atoms. The minimum absolute atomic E-state index is 0.0216. The second-order valence-corrected chi connectivity index (χ2v) is 14.3. The normalized spacial score (nSPS) is 15.0. The topological polar surface area (TPSA) is 193 Å². The zero-order valence-electron chi connectivity index (χ0n) is 26.0. The first kappa shape index (κ1) is 40.6. The van der Waals surface area contributed by atoms with Gasteiger partial charge in [0, 0.05) is 6.42 Å². The van der Waals surface area contributed by atoms with Gasteiger partial charge in [-0.2, -0.15) is 0 Å². The maximum Gasteiger partial charge on any atom is 0.380 e. The molecule has 2 atom stereocenters. The van der Waals surface area contributed by atoms with Crippen molar-refractivity contribution in [3.63, 3.8) is 0 Å². The van der Waals surface area contributed by atoms with Crippen molar-refractivity contribution in [2.24, 2.45) is 17.8 Å². The molecule has 0 aromatic carbocycles. The van der Waals surface area contributed by atoms with Crippen LogP contribution in [0.2, 0.25) is 0 Å². The van der Waals surface area contributed by atoms with E-state index in [1.807, 2.05) is 0 Å². The fourth-order valence-corrected chi connectivity index (χ4v) is 7.87. The second-order valence-electron chi connectivity index (χ2n) is 9.67. The van der Waals surface area contributed by atoms with Gasteiger partial charge in [-0.05, 0) is 58.5 Å². The predicted octanol–water partition coefficient (Wildman–Crippen LogP) is 4.87. The number of rotatable bonds is 24. The van der Waals surface area contributed by atoms with Crippen LogP contribution in [0.5, 0.6) is 0 Å². The van der Waals surface area contributed by atoms with Crippen LogP contribution in [0.1, 0.15) is 92.9 Å². The molecule has 0 spiro atoms. The quantitative estimate of drug-likeness (QED) is 0.0422. The Morgan fingerprint density at radius 2 is 1.02 bits per heavy atom. The Kier molecular flexibility index (Phi) is 19.9. The zero-order valence-corrected chi connectivity index (χ0v) is 27.8.